The van der Waals surface area contributed by atoms with Crippen LogP contribution in [-0.4, -0.2) is 23.7 Å². The molecule has 0 aromatic heterocycles. The molecule has 2 rings (SSSR count). The second kappa shape index (κ2) is 8.19. The van der Waals surface area contributed by atoms with Crippen LogP contribution < -0.4 is 10.1 Å². The van der Waals surface area contributed by atoms with Crippen LogP contribution in [0.2, 0.25) is 0 Å². The summed E-state index contributed by atoms with van der Waals surface area (Å²) >= 11 is 1.60. The van der Waals surface area contributed by atoms with Gasteiger partial charge in [-0.05, 0) is 36.6 Å². The van der Waals surface area contributed by atoms with Crippen LogP contribution >= 0.6 is 11.8 Å². The molecule has 2 aromatic carbocycles. The number of amides is 1. The zero-order valence-electron chi connectivity index (χ0n) is 12.5. The molecule has 1 N–H and O–H groups in total. The standard InChI is InChI=1S/C16H16N2O4S/c1-23-15-4-2-3-12(11-15)17-16(19)9-10-22-14-7-5-13(6-8-14)18(20)21/h2-8,11H,9-10H2,1H3,(H,17,19). The normalized spacial score (nSPS) is 10.1. The van der Waals surface area contributed by atoms with Crippen LogP contribution in [0.4, 0.5) is 11.4 Å². The second-order valence-electron chi connectivity index (χ2n) is 4.63. The fraction of sp³-hybridized carbons (Fsp3) is 0.188. The number of nitrogens with zero attached hydrogens (tertiary/aromatic N) is 1. The first kappa shape index (κ1) is 16.8. The van der Waals surface area contributed by atoms with Gasteiger partial charge >= 0.3 is 0 Å². The van der Waals surface area contributed by atoms with Gasteiger partial charge in [-0.3, -0.25) is 14.9 Å². The lowest BCUT2D eigenvalue weighted by Crippen LogP contribution is -2.15. The van der Waals surface area contributed by atoms with Crippen molar-refractivity contribution in [2.24, 2.45) is 0 Å². The zero-order valence-corrected chi connectivity index (χ0v) is 13.3. The van der Waals surface area contributed by atoms with Gasteiger partial charge in [0.2, 0.25) is 5.91 Å². The number of non-ortho nitro benzene ring substituents is 1. The fourth-order valence-electron chi connectivity index (χ4n) is 1.85. The summed E-state index contributed by atoms with van der Waals surface area (Å²) in [4.78, 5) is 23.0. The minimum Gasteiger partial charge on any atom is -0.493 e. The zero-order chi connectivity index (χ0) is 16.7. The number of thioether (sulfide) groups is 1. The van der Waals surface area contributed by atoms with Crippen LogP contribution in [0.5, 0.6) is 5.75 Å². The number of carbonyl (C=O) groups excluding carboxylic acids is 1. The third kappa shape index (κ3) is 5.30. The maximum Gasteiger partial charge on any atom is 0.269 e. The first-order valence-corrected chi connectivity index (χ1v) is 8.12. The monoisotopic (exact) mass is 332 g/mol. The maximum atomic E-state index is 11.9. The molecule has 7 heteroatoms. The van der Waals surface area contributed by atoms with E-state index in [-0.39, 0.29) is 24.6 Å². The Morgan fingerprint density at radius 2 is 2.00 bits per heavy atom. The van der Waals surface area contributed by atoms with Crippen molar-refractivity contribution in [3.05, 3.63) is 58.6 Å². The average Bonchev–Trinajstić information content (AvgIpc) is 2.55. The summed E-state index contributed by atoms with van der Waals surface area (Å²) in [6, 6.07) is 13.3. The molecule has 0 atom stereocenters. The van der Waals surface area contributed by atoms with Gasteiger partial charge in [-0.25, -0.2) is 0 Å². The molecule has 0 radical (unpaired) electrons. The van der Waals surface area contributed by atoms with Crippen molar-refractivity contribution in [3.63, 3.8) is 0 Å². The van der Waals surface area contributed by atoms with Gasteiger partial charge in [0.1, 0.15) is 5.75 Å². The Morgan fingerprint density at radius 1 is 1.26 bits per heavy atom. The summed E-state index contributed by atoms with van der Waals surface area (Å²) in [6.07, 6.45) is 2.17. The Morgan fingerprint density at radius 3 is 2.65 bits per heavy atom. The lowest BCUT2D eigenvalue weighted by Gasteiger charge is -2.08. The van der Waals surface area contributed by atoms with Crippen LogP contribution in [0.15, 0.2) is 53.4 Å². The van der Waals surface area contributed by atoms with Crippen molar-refractivity contribution in [3.8, 4) is 5.75 Å². The molecule has 1 amide bonds. The number of ether oxygens (including phenoxy) is 1. The van der Waals surface area contributed by atoms with E-state index in [1.165, 1.54) is 24.3 Å². The van der Waals surface area contributed by atoms with Crippen molar-refractivity contribution in [1.82, 2.24) is 0 Å². The molecule has 23 heavy (non-hydrogen) atoms. The first-order valence-electron chi connectivity index (χ1n) is 6.89. The van der Waals surface area contributed by atoms with Gasteiger partial charge < -0.3 is 10.1 Å². The van der Waals surface area contributed by atoms with E-state index in [2.05, 4.69) is 5.32 Å². The second-order valence-corrected chi connectivity index (χ2v) is 5.51. The molecule has 0 heterocycles. The number of anilines is 1. The number of hydrogen-bond donors (Lipinski definition) is 1. The quantitative estimate of drug-likeness (QED) is 0.475. The molecule has 0 bridgehead atoms. The van der Waals surface area contributed by atoms with Crippen LogP contribution in [0.25, 0.3) is 0 Å². The summed E-state index contributed by atoms with van der Waals surface area (Å²) in [5.41, 5.74) is 0.751. The van der Waals surface area contributed by atoms with Gasteiger partial charge in [0, 0.05) is 22.7 Å². The molecular formula is C16H16N2O4S. The summed E-state index contributed by atoms with van der Waals surface area (Å²) in [7, 11) is 0. The molecular weight excluding hydrogens is 316 g/mol. The Labute approximate surface area is 138 Å². The lowest BCUT2D eigenvalue weighted by atomic mass is 10.3. The predicted octanol–water partition coefficient (Wildman–Crippen LogP) is 3.72. The molecule has 0 saturated carbocycles. The molecule has 0 aliphatic heterocycles. The van der Waals surface area contributed by atoms with Crippen molar-refractivity contribution >= 4 is 29.0 Å². The van der Waals surface area contributed by atoms with E-state index in [9.17, 15) is 14.9 Å². The highest BCUT2D eigenvalue weighted by Crippen LogP contribution is 2.19. The van der Waals surface area contributed by atoms with E-state index >= 15 is 0 Å². The van der Waals surface area contributed by atoms with Crippen molar-refractivity contribution in [1.29, 1.82) is 0 Å². The first-order chi connectivity index (χ1) is 11.1. The van der Waals surface area contributed by atoms with Crippen molar-refractivity contribution in [2.75, 3.05) is 18.2 Å². The number of benzene rings is 2. The highest BCUT2D eigenvalue weighted by Gasteiger charge is 2.06. The number of rotatable bonds is 7. The number of nitrogens with one attached hydrogen (secondary N) is 1. The van der Waals surface area contributed by atoms with Crippen LogP contribution in [0, 0.1) is 10.1 Å². The van der Waals surface area contributed by atoms with Gasteiger partial charge in [0.25, 0.3) is 5.69 Å². The topological polar surface area (TPSA) is 81.5 Å². The maximum absolute atomic E-state index is 11.9. The van der Waals surface area contributed by atoms with E-state index in [0.29, 0.717) is 5.75 Å². The minimum atomic E-state index is -0.472. The third-order valence-electron chi connectivity index (χ3n) is 3.00. The molecule has 2 aromatic rings. The number of nitro benzene ring substituents is 1. The lowest BCUT2D eigenvalue weighted by molar-refractivity contribution is -0.384. The van der Waals surface area contributed by atoms with Crippen molar-refractivity contribution in [2.45, 2.75) is 11.3 Å². The van der Waals surface area contributed by atoms with E-state index in [0.717, 1.165) is 10.6 Å². The molecule has 0 unspecified atom stereocenters. The van der Waals surface area contributed by atoms with E-state index < -0.39 is 4.92 Å². The van der Waals surface area contributed by atoms with Crippen LogP contribution in [0.3, 0.4) is 0 Å². The van der Waals surface area contributed by atoms with Gasteiger partial charge in [-0.1, -0.05) is 6.07 Å². The van der Waals surface area contributed by atoms with E-state index in [1.54, 1.807) is 11.8 Å². The van der Waals surface area contributed by atoms with Crippen LogP contribution in [0.1, 0.15) is 6.42 Å². The van der Waals surface area contributed by atoms with Crippen LogP contribution in [-0.2, 0) is 4.79 Å². The average molecular weight is 332 g/mol. The van der Waals surface area contributed by atoms with Gasteiger partial charge in [0.05, 0.1) is 18.0 Å². The fourth-order valence-corrected chi connectivity index (χ4v) is 2.31. The number of nitro groups is 1. The summed E-state index contributed by atoms with van der Waals surface area (Å²) in [5.74, 6) is 0.345. The Kier molecular flexibility index (Phi) is 5.99. The Hall–Kier alpha value is -2.54. The van der Waals surface area contributed by atoms with Gasteiger partial charge in [0.15, 0.2) is 0 Å². The number of carbonyl (C=O) groups is 1. The summed E-state index contributed by atoms with van der Waals surface area (Å²) in [6.45, 7) is 0.200. The molecule has 120 valence electrons. The largest absolute Gasteiger partial charge is 0.493 e. The highest BCUT2D eigenvalue weighted by molar-refractivity contribution is 7.98. The molecule has 0 aliphatic carbocycles. The smallest absolute Gasteiger partial charge is 0.269 e. The Bertz CT molecular complexity index is 689. The minimum absolute atomic E-state index is 0.00349. The summed E-state index contributed by atoms with van der Waals surface area (Å²) < 4.78 is 5.41. The molecule has 0 spiro atoms. The highest BCUT2D eigenvalue weighted by atomic mass is 32.2. The molecule has 0 aliphatic rings. The predicted molar refractivity (Wildman–Crippen MR) is 90.1 cm³/mol. The Balaban J connectivity index is 1.79. The number of hydrogen-bond acceptors (Lipinski definition) is 5. The molecule has 0 saturated heterocycles. The molecule has 6 nitrogen and oxygen atoms in total. The van der Waals surface area contributed by atoms with Crippen molar-refractivity contribution < 1.29 is 14.5 Å². The van der Waals surface area contributed by atoms with E-state index in [1.807, 2.05) is 30.5 Å². The SMILES string of the molecule is CSc1cccc(NC(=O)CCOc2ccc([N+](=O)[O-])cc2)c1. The third-order valence-corrected chi connectivity index (χ3v) is 3.72. The van der Waals surface area contributed by atoms with Gasteiger partial charge in [-0.15, -0.1) is 11.8 Å². The molecule has 0 fully saturated rings. The summed E-state index contributed by atoms with van der Waals surface area (Å²) in [5, 5.41) is 13.4. The van der Waals surface area contributed by atoms with E-state index in [4.69, 9.17) is 4.74 Å². The van der Waals surface area contributed by atoms with Gasteiger partial charge in [-0.2, -0.15) is 0 Å².